The predicted molar refractivity (Wildman–Crippen MR) is 109 cm³/mol. The fraction of sp³-hybridized carbons (Fsp3) is 0.318. The molecule has 128 valence electrons. The summed E-state index contributed by atoms with van der Waals surface area (Å²) in [7, 11) is 0. The maximum Gasteiger partial charge on any atom is 0.111 e. The maximum absolute atomic E-state index is 5.90. The van der Waals surface area contributed by atoms with Crippen LogP contribution in [0.15, 0.2) is 60.8 Å². The fourth-order valence-corrected chi connectivity index (χ4v) is 4.06. The standard InChI is InChI=1S/C22H24N2S/c1-17-11-13-23(14-12-17)22(25)20-16-24(15-18-7-3-2-4-8-18)21-10-6-5-9-19(20)21/h2-10,16-17H,11-15H2,1H3. The topological polar surface area (TPSA) is 8.17 Å². The third-order valence-corrected chi connectivity index (χ3v) is 5.76. The number of nitrogens with zero attached hydrogens (tertiary/aromatic N) is 2. The Hall–Kier alpha value is -2.13. The van der Waals surface area contributed by atoms with Gasteiger partial charge in [-0.1, -0.05) is 67.7 Å². The van der Waals surface area contributed by atoms with Gasteiger partial charge in [-0.2, -0.15) is 0 Å². The molecule has 0 aliphatic carbocycles. The molecule has 1 saturated heterocycles. The van der Waals surface area contributed by atoms with Gasteiger partial charge in [0.1, 0.15) is 4.99 Å². The number of thiocarbonyl (C=S) groups is 1. The van der Waals surface area contributed by atoms with Crippen molar-refractivity contribution in [1.82, 2.24) is 9.47 Å². The molecule has 1 aliphatic heterocycles. The molecular weight excluding hydrogens is 324 g/mol. The summed E-state index contributed by atoms with van der Waals surface area (Å²) in [5.41, 5.74) is 3.78. The highest BCUT2D eigenvalue weighted by molar-refractivity contribution is 7.80. The second kappa shape index (κ2) is 7.01. The quantitative estimate of drug-likeness (QED) is 0.609. The van der Waals surface area contributed by atoms with Crippen molar-refractivity contribution in [2.24, 2.45) is 5.92 Å². The van der Waals surface area contributed by atoms with Crippen LogP contribution < -0.4 is 0 Å². The number of benzene rings is 2. The molecule has 0 atom stereocenters. The molecule has 2 aromatic carbocycles. The largest absolute Gasteiger partial charge is 0.362 e. The molecule has 2 nitrogen and oxygen atoms in total. The first-order valence-electron chi connectivity index (χ1n) is 9.13. The first kappa shape index (κ1) is 16.3. The molecule has 0 saturated carbocycles. The van der Waals surface area contributed by atoms with E-state index < -0.39 is 0 Å². The summed E-state index contributed by atoms with van der Waals surface area (Å²) < 4.78 is 2.33. The molecular formula is C22H24N2S. The zero-order valence-electron chi connectivity index (χ0n) is 14.7. The summed E-state index contributed by atoms with van der Waals surface area (Å²) in [5.74, 6) is 0.818. The number of likely N-dealkylation sites (tertiary alicyclic amines) is 1. The summed E-state index contributed by atoms with van der Waals surface area (Å²) in [4.78, 5) is 3.40. The van der Waals surface area contributed by atoms with Gasteiger partial charge >= 0.3 is 0 Å². The lowest BCUT2D eigenvalue weighted by Gasteiger charge is -2.32. The molecule has 0 spiro atoms. The molecule has 3 aromatic rings. The Morgan fingerprint density at radius 1 is 1.00 bits per heavy atom. The Morgan fingerprint density at radius 3 is 2.44 bits per heavy atom. The van der Waals surface area contributed by atoms with E-state index in [9.17, 15) is 0 Å². The van der Waals surface area contributed by atoms with Gasteiger partial charge in [0.15, 0.2) is 0 Å². The van der Waals surface area contributed by atoms with E-state index >= 15 is 0 Å². The second-order valence-corrected chi connectivity index (χ2v) is 7.53. The van der Waals surface area contributed by atoms with Crippen LogP contribution in [0.5, 0.6) is 0 Å². The van der Waals surface area contributed by atoms with Gasteiger partial charge in [-0.05, 0) is 30.4 Å². The second-order valence-electron chi connectivity index (χ2n) is 7.15. The van der Waals surface area contributed by atoms with Crippen molar-refractivity contribution in [3.63, 3.8) is 0 Å². The van der Waals surface area contributed by atoms with Gasteiger partial charge in [-0.15, -0.1) is 0 Å². The zero-order chi connectivity index (χ0) is 17.2. The van der Waals surface area contributed by atoms with Crippen molar-refractivity contribution in [2.45, 2.75) is 26.3 Å². The van der Waals surface area contributed by atoms with E-state index in [1.54, 1.807) is 0 Å². The Kier molecular flexibility index (Phi) is 4.58. The number of hydrogen-bond donors (Lipinski definition) is 0. The highest BCUT2D eigenvalue weighted by Crippen LogP contribution is 2.26. The van der Waals surface area contributed by atoms with E-state index in [-0.39, 0.29) is 0 Å². The lowest BCUT2D eigenvalue weighted by Crippen LogP contribution is -2.37. The highest BCUT2D eigenvalue weighted by atomic mass is 32.1. The van der Waals surface area contributed by atoms with Crippen LogP contribution in [0.2, 0.25) is 0 Å². The average Bonchev–Trinajstić information content (AvgIpc) is 3.01. The van der Waals surface area contributed by atoms with Gasteiger partial charge < -0.3 is 9.47 Å². The van der Waals surface area contributed by atoms with Crippen molar-refractivity contribution in [3.8, 4) is 0 Å². The number of aromatic nitrogens is 1. The van der Waals surface area contributed by atoms with E-state index in [0.717, 1.165) is 30.5 Å². The van der Waals surface area contributed by atoms with E-state index in [1.807, 2.05) is 0 Å². The molecule has 0 radical (unpaired) electrons. The highest BCUT2D eigenvalue weighted by Gasteiger charge is 2.21. The SMILES string of the molecule is CC1CCN(C(=S)c2cn(Cc3ccccc3)c3ccccc23)CC1. The van der Waals surface area contributed by atoms with E-state index in [2.05, 4.69) is 77.2 Å². The Balaban J connectivity index is 1.68. The zero-order valence-corrected chi connectivity index (χ0v) is 15.5. The molecule has 1 aliphatic rings. The lowest BCUT2D eigenvalue weighted by atomic mass is 9.99. The molecule has 25 heavy (non-hydrogen) atoms. The van der Waals surface area contributed by atoms with Gasteiger partial charge in [0.25, 0.3) is 0 Å². The van der Waals surface area contributed by atoms with E-state index in [4.69, 9.17) is 12.2 Å². The van der Waals surface area contributed by atoms with Gasteiger partial charge in [-0.3, -0.25) is 0 Å². The summed E-state index contributed by atoms with van der Waals surface area (Å²) in [5, 5.41) is 1.27. The molecule has 2 heterocycles. The summed E-state index contributed by atoms with van der Waals surface area (Å²) >= 11 is 5.90. The van der Waals surface area contributed by atoms with Crippen molar-refractivity contribution in [1.29, 1.82) is 0 Å². The first-order chi connectivity index (χ1) is 12.2. The predicted octanol–water partition coefficient (Wildman–Crippen LogP) is 5.10. The van der Waals surface area contributed by atoms with Crippen molar-refractivity contribution in [2.75, 3.05) is 13.1 Å². The van der Waals surface area contributed by atoms with Crippen LogP contribution in [0.1, 0.15) is 30.9 Å². The first-order valence-corrected chi connectivity index (χ1v) is 9.54. The van der Waals surface area contributed by atoms with Gasteiger partial charge in [0.05, 0.1) is 0 Å². The Labute approximate surface area is 155 Å². The number of rotatable bonds is 3. The van der Waals surface area contributed by atoms with Crippen LogP contribution in [-0.4, -0.2) is 27.5 Å². The van der Waals surface area contributed by atoms with Crippen molar-refractivity contribution >= 4 is 28.1 Å². The Bertz CT molecular complexity index is 873. The third kappa shape index (κ3) is 3.34. The molecule has 4 rings (SSSR count). The monoisotopic (exact) mass is 348 g/mol. The van der Waals surface area contributed by atoms with Crippen LogP contribution in [0, 0.1) is 5.92 Å². The van der Waals surface area contributed by atoms with Crippen LogP contribution in [0.25, 0.3) is 10.9 Å². The van der Waals surface area contributed by atoms with Crippen LogP contribution >= 0.6 is 12.2 Å². The molecule has 0 N–H and O–H groups in total. The molecule has 0 amide bonds. The van der Waals surface area contributed by atoms with Crippen LogP contribution in [0.4, 0.5) is 0 Å². The number of piperidine rings is 1. The average molecular weight is 349 g/mol. The van der Waals surface area contributed by atoms with E-state index in [0.29, 0.717) is 0 Å². The number of hydrogen-bond acceptors (Lipinski definition) is 1. The molecule has 3 heteroatoms. The molecule has 0 unspecified atom stereocenters. The normalized spacial score (nSPS) is 15.6. The lowest BCUT2D eigenvalue weighted by molar-refractivity contribution is 0.284. The van der Waals surface area contributed by atoms with Crippen molar-refractivity contribution < 1.29 is 0 Å². The van der Waals surface area contributed by atoms with Gasteiger partial charge in [0, 0.05) is 42.3 Å². The number of para-hydroxylation sites is 1. The van der Waals surface area contributed by atoms with Crippen molar-refractivity contribution in [3.05, 3.63) is 71.9 Å². The van der Waals surface area contributed by atoms with Crippen LogP contribution in [0.3, 0.4) is 0 Å². The minimum atomic E-state index is 0.818. The molecule has 1 fully saturated rings. The summed E-state index contributed by atoms with van der Waals surface area (Å²) in [6, 6.07) is 19.2. The van der Waals surface area contributed by atoms with E-state index in [1.165, 1.54) is 34.9 Å². The third-order valence-electron chi connectivity index (χ3n) is 5.29. The minimum Gasteiger partial charge on any atom is -0.362 e. The van der Waals surface area contributed by atoms with Gasteiger partial charge in [0.2, 0.25) is 0 Å². The minimum absolute atomic E-state index is 0.818. The molecule has 0 bridgehead atoms. The summed E-state index contributed by atoms with van der Waals surface area (Å²) in [6.45, 7) is 5.38. The fourth-order valence-electron chi connectivity index (χ4n) is 3.71. The van der Waals surface area contributed by atoms with Gasteiger partial charge in [-0.25, -0.2) is 0 Å². The Morgan fingerprint density at radius 2 is 1.68 bits per heavy atom. The molecule has 1 aromatic heterocycles. The summed E-state index contributed by atoms with van der Waals surface area (Å²) in [6.07, 6.45) is 4.73. The van der Waals surface area contributed by atoms with Crippen LogP contribution in [-0.2, 0) is 6.54 Å². The smallest absolute Gasteiger partial charge is 0.111 e. The number of fused-ring (bicyclic) bond motifs is 1. The maximum atomic E-state index is 5.90.